The van der Waals surface area contributed by atoms with Crippen molar-refractivity contribution in [3.63, 3.8) is 0 Å². The van der Waals surface area contributed by atoms with Crippen LogP contribution in [0.3, 0.4) is 0 Å². The second-order valence-electron chi connectivity index (χ2n) is 6.56. The van der Waals surface area contributed by atoms with Crippen molar-refractivity contribution < 1.29 is 4.79 Å². The van der Waals surface area contributed by atoms with Crippen LogP contribution in [0.1, 0.15) is 6.92 Å². The molecule has 5 aromatic rings. The molecule has 0 aliphatic rings. The average Bonchev–Trinajstić information content (AvgIpc) is 3.34. The topological polar surface area (TPSA) is 99.3 Å². The van der Waals surface area contributed by atoms with Crippen molar-refractivity contribution >= 4 is 33.7 Å². The predicted molar refractivity (Wildman–Crippen MR) is 109 cm³/mol. The number of aromatic amines is 2. The number of carbonyl (C=O) groups is 1. The summed E-state index contributed by atoms with van der Waals surface area (Å²) in [7, 11) is 0. The van der Waals surface area contributed by atoms with E-state index in [9.17, 15) is 4.79 Å². The number of anilines is 1. The number of pyridine rings is 3. The lowest BCUT2D eigenvalue weighted by Gasteiger charge is -2.06. The number of nitrogens with one attached hydrogen (secondary N) is 3. The summed E-state index contributed by atoms with van der Waals surface area (Å²) in [5.74, 6) is -0.131. The van der Waals surface area contributed by atoms with Gasteiger partial charge in [-0.05, 0) is 29.8 Å². The monoisotopic (exact) mass is 368 g/mol. The minimum atomic E-state index is -0.131. The third kappa shape index (κ3) is 2.69. The Morgan fingerprint density at radius 3 is 2.68 bits per heavy atom. The van der Waals surface area contributed by atoms with Crippen LogP contribution in [0.4, 0.5) is 5.69 Å². The van der Waals surface area contributed by atoms with E-state index in [4.69, 9.17) is 0 Å². The molecule has 0 saturated heterocycles. The molecule has 0 aromatic carbocycles. The van der Waals surface area contributed by atoms with Gasteiger partial charge < -0.3 is 15.3 Å². The molecular weight excluding hydrogens is 352 g/mol. The molecule has 0 aliphatic carbocycles. The van der Waals surface area contributed by atoms with E-state index in [0.717, 1.165) is 44.3 Å². The van der Waals surface area contributed by atoms with Crippen LogP contribution >= 0.6 is 0 Å². The molecule has 1 amide bonds. The summed E-state index contributed by atoms with van der Waals surface area (Å²) >= 11 is 0. The van der Waals surface area contributed by atoms with Gasteiger partial charge in [0.15, 0.2) is 0 Å². The smallest absolute Gasteiger partial charge is 0.221 e. The summed E-state index contributed by atoms with van der Waals surface area (Å²) in [6.07, 6.45) is 10.8. The first-order valence-corrected chi connectivity index (χ1v) is 8.81. The Kier molecular flexibility index (Phi) is 3.65. The van der Waals surface area contributed by atoms with Gasteiger partial charge in [0.1, 0.15) is 11.3 Å². The number of hydrogen-bond acceptors (Lipinski definition) is 4. The zero-order valence-corrected chi connectivity index (χ0v) is 15.0. The Morgan fingerprint density at radius 2 is 1.79 bits per heavy atom. The van der Waals surface area contributed by atoms with Crippen molar-refractivity contribution in [2.24, 2.45) is 0 Å². The highest BCUT2D eigenvalue weighted by atomic mass is 16.1. The van der Waals surface area contributed by atoms with Gasteiger partial charge in [-0.1, -0.05) is 0 Å². The van der Waals surface area contributed by atoms with Gasteiger partial charge in [0, 0.05) is 65.4 Å². The molecule has 5 heterocycles. The minimum Gasteiger partial charge on any atom is -0.346 e. The predicted octanol–water partition coefficient (Wildman–Crippen LogP) is 4.13. The Hall–Kier alpha value is -4.00. The van der Waals surface area contributed by atoms with Gasteiger partial charge in [0.2, 0.25) is 5.91 Å². The van der Waals surface area contributed by atoms with E-state index in [1.807, 2.05) is 30.6 Å². The van der Waals surface area contributed by atoms with Crippen LogP contribution in [-0.2, 0) is 4.79 Å². The Bertz CT molecular complexity index is 1330. The lowest BCUT2D eigenvalue weighted by molar-refractivity contribution is -0.114. The van der Waals surface area contributed by atoms with Crippen LogP contribution in [0.15, 0.2) is 61.4 Å². The average molecular weight is 368 g/mol. The van der Waals surface area contributed by atoms with Gasteiger partial charge in [-0.2, -0.15) is 0 Å². The van der Waals surface area contributed by atoms with E-state index in [1.165, 1.54) is 6.92 Å². The minimum absolute atomic E-state index is 0.131. The maximum absolute atomic E-state index is 11.3. The number of aromatic nitrogens is 5. The lowest BCUT2D eigenvalue weighted by atomic mass is 10.0. The molecule has 5 rings (SSSR count). The fourth-order valence-electron chi connectivity index (χ4n) is 3.45. The SMILES string of the molecule is CC(=O)Nc1cncc(-c2cnc3[nH]cc(-c4ccnc5[nH]ccc45)c3c2)c1. The molecule has 0 unspecified atom stereocenters. The number of carbonyl (C=O) groups excluding carboxylic acids is 1. The molecule has 7 nitrogen and oxygen atoms in total. The van der Waals surface area contributed by atoms with Gasteiger partial charge in [-0.25, -0.2) is 9.97 Å². The first kappa shape index (κ1) is 16.2. The van der Waals surface area contributed by atoms with E-state index in [1.54, 1.807) is 24.8 Å². The highest BCUT2D eigenvalue weighted by Gasteiger charge is 2.13. The zero-order chi connectivity index (χ0) is 19.1. The second-order valence-corrected chi connectivity index (χ2v) is 6.56. The highest BCUT2D eigenvalue weighted by Crippen LogP contribution is 2.34. The van der Waals surface area contributed by atoms with Crippen LogP contribution in [0.5, 0.6) is 0 Å². The van der Waals surface area contributed by atoms with Crippen LogP contribution in [0, 0.1) is 0 Å². The van der Waals surface area contributed by atoms with Crippen LogP contribution in [-0.4, -0.2) is 30.8 Å². The molecule has 0 saturated carbocycles. The van der Waals surface area contributed by atoms with Crippen molar-refractivity contribution in [2.45, 2.75) is 6.92 Å². The summed E-state index contributed by atoms with van der Waals surface area (Å²) in [6.45, 7) is 1.48. The van der Waals surface area contributed by atoms with Gasteiger partial charge in [0.25, 0.3) is 0 Å². The molecule has 0 radical (unpaired) electrons. The van der Waals surface area contributed by atoms with Gasteiger partial charge in [0.05, 0.1) is 11.9 Å². The summed E-state index contributed by atoms with van der Waals surface area (Å²) in [5.41, 5.74) is 6.27. The summed E-state index contributed by atoms with van der Waals surface area (Å²) in [4.78, 5) is 30.9. The van der Waals surface area contributed by atoms with Crippen LogP contribution in [0.2, 0.25) is 0 Å². The Labute approximate surface area is 159 Å². The molecule has 3 N–H and O–H groups in total. The Balaban J connectivity index is 1.65. The quantitative estimate of drug-likeness (QED) is 0.446. The van der Waals surface area contributed by atoms with E-state index in [-0.39, 0.29) is 5.91 Å². The van der Waals surface area contributed by atoms with E-state index in [0.29, 0.717) is 5.69 Å². The number of fused-ring (bicyclic) bond motifs is 2. The molecule has 0 spiro atoms. The molecule has 136 valence electrons. The van der Waals surface area contributed by atoms with E-state index in [2.05, 4.69) is 36.3 Å². The van der Waals surface area contributed by atoms with E-state index >= 15 is 0 Å². The van der Waals surface area contributed by atoms with Crippen LogP contribution in [0.25, 0.3) is 44.3 Å². The summed E-state index contributed by atoms with van der Waals surface area (Å²) < 4.78 is 0. The largest absolute Gasteiger partial charge is 0.346 e. The molecule has 0 bridgehead atoms. The molecular formula is C21H16N6O. The second kappa shape index (κ2) is 6.31. The number of rotatable bonds is 3. The number of H-pyrrole nitrogens is 2. The highest BCUT2D eigenvalue weighted by molar-refractivity contribution is 6.03. The molecule has 0 atom stereocenters. The third-order valence-electron chi connectivity index (χ3n) is 4.67. The summed E-state index contributed by atoms with van der Waals surface area (Å²) in [5, 5.41) is 4.83. The van der Waals surface area contributed by atoms with Crippen LogP contribution < -0.4 is 5.32 Å². The van der Waals surface area contributed by atoms with Crippen molar-refractivity contribution in [2.75, 3.05) is 5.32 Å². The normalized spacial score (nSPS) is 11.2. The lowest BCUT2D eigenvalue weighted by Crippen LogP contribution is -2.05. The first-order chi connectivity index (χ1) is 13.7. The Morgan fingerprint density at radius 1 is 0.929 bits per heavy atom. The first-order valence-electron chi connectivity index (χ1n) is 8.81. The molecule has 0 aliphatic heterocycles. The molecule has 5 aromatic heterocycles. The van der Waals surface area contributed by atoms with Gasteiger partial charge in [-0.3, -0.25) is 9.78 Å². The zero-order valence-electron chi connectivity index (χ0n) is 15.0. The van der Waals surface area contributed by atoms with Gasteiger partial charge >= 0.3 is 0 Å². The van der Waals surface area contributed by atoms with E-state index < -0.39 is 0 Å². The fraction of sp³-hybridized carbons (Fsp3) is 0.0476. The van der Waals surface area contributed by atoms with Crippen molar-refractivity contribution in [1.29, 1.82) is 0 Å². The van der Waals surface area contributed by atoms with Crippen molar-refractivity contribution in [3.05, 3.63) is 61.4 Å². The van der Waals surface area contributed by atoms with Crippen molar-refractivity contribution in [3.8, 4) is 22.3 Å². The third-order valence-corrected chi connectivity index (χ3v) is 4.67. The number of nitrogens with zero attached hydrogens (tertiary/aromatic N) is 3. The van der Waals surface area contributed by atoms with Gasteiger partial charge in [-0.15, -0.1) is 0 Å². The standard InChI is InChI=1S/C21H16N6O/c1-12(28)27-15-6-13(8-22-10-15)14-7-18-19(11-26-21(18)25-9-14)16-2-4-23-20-17(16)3-5-24-20/h2-11H,1H3,(H,23,24)(H,25,26)(H,27,28). The molecule has 7 heteroatoms. The number of amides is 1. The maximum Gasteiger partial charge on any atom is 0.221 e. The molecule has 28 heavy (non-hydrogen) atoms. The number of hydrogen-bond donors (Lipinski definition) is 3. The molecule has 0 fully saturated rings. The maximum atomic E-state index is 11.3. The van der Waals surface area contributed by atoms with Crippen molar-refractivity contribution in [1.82, 2.24) is 24.9 Å². The summed E-state index contributed by atoms with van der Waals surface area (Å²) in [6, 6.07) is 8.00. The fourth-order valence-corrected chi connectivity index (χ4v) is 3.45.